The summed E-state index contributed by atoms with van der Waals surface area (Å²) >= 11 is 0. The number of hydrogen-bond donors (Lipinski definition) is 2. The Labute approximate surface area is 126 Å². The fourth-order valence-corrected chi connectivity index (χ4v) is 3.98. The van der Waals surface area contributed by atoms with Gasteiger partial charge in [-0.2, -0.15) is 12.7 Å². The molecule has 0 aliphatic carbocycles. The van der Waals surface area contributed by atoms with Crippen LogP contribution in [-0.4, -0.2) is 31.9 Å². The first-order valence-corrected chi connectivity index (χ1v) is 8.56. The molecule has 3 N–H and O–H groups in total. The van der Waals surface area contributed by atoms with Gasteiger partial charge in [-0.3, -0.25) is 4.72 Å². The van der Waals surface area contributed by atoms with Crippen molar-refractivity contribution in [2.45, 2.75) is 32.2 Å². The third kappa shape index (κ3) is 3.97. The summed E-state index contributed by atoms with van der Waals surface area (Å²) in [6.45, 7) is 2.75. The van der Waals surface area contributed by atoms with E-state index in [2.05, 4.69) is 16.6 Å². The van der Waals surface area contributed by atoms with E-state index in [-0.39, 0.29) is 12.6 Å². The molecule has 1 aromatic rings. The molecule has 1 aromatic carbocycles. The third-order valence-corrected chi connectivity index (χ3v) is 5.18. The monoisotopic (exact) mass is 307 g/mol. The van der Waals surface area contributed by atoms with E-state index in [1.54, 1.807) is 18.2 Å². The Kier molecular flexibility index (Phi) is 5.23. The Morgan fingerprint density at radius 2 is 2.14 bits per heavy atom. The van der Waals surface area contributed by atoms with E-state index in [1.165, 1.54) is 4.31 Å². The summed E-state index contributed by atoms with van der Waals surface area (Å²) < 4.78 is 29.2. The van der Waals surface area contributed by atoms with E-state index in [1.807, 2.05) is 13.0 Å². The fraction of sp³-hybridized carbons (Fsp3) is 0.467. The van der Waals surface area contributed by atoms with E-state index in [9.17, 15) is 8.42 Å². The van der Waals surface area contributed by atoms with Gasteiger partial charge in [0.25, 0.3) is 0 Å². The smallest absolute Gasteiger partial charge is 0.301 e. The maximum atomic E-state index is 12.5. The molecule has 21 heavy (non-hydrogen) atoms. The molecule has 1 aliphatic heterocycles. The number of nitrogens with two attached hydrogens (primary N) is 1. The van der Waals surface area contributed by atoms with E-state index in [0.29, 0.717) is 17.8 Å². The summed E-state index contributed by atoms with van der Waals surface area (Å²) in [6, 6.07) is 7.12. The third-order valence-electron chi connectivity index (χ3n) is 3.54. The van der Waals surface area contributed by atoms with Crippen molar-refractivity contribution in [1.29, 1.82) is 0 Å². The van der Waals surface area contributed by atoms with E-state index >= 15 is 0 Å². The molecular weight excluding hydrogens is 286 g/mol. The minimum atomic E-state index is -3.55. The number of nitrogens with zero attached hydrogens (tertiary/aromatic N) is 1. The van der Waals surface area contributed by atoms with Gasteiger partial charge in [0.15, 0.2) is 0 Å². The summed E-state index contributed by atoms with van der Waals surface area (Å²) in [7, 11) is -3.55. The van der Waals surface area contributed by atoms with Gasteiger partial charge < -0.3 is 5.73 Å². The molecule has 0 spiro atoms. The molecule has 1 heterocycles. The first-order chi connectivity index (χ1) is 10.0. The zero-order valence-electron chi connectivity index (χ0n) is 12.2. The SMILES string of the molecule is CC1CCCCN1S(=O)(=O)Nc1ccccc1C#CCN. The molecule has 2 rings (SSSR count). The largest absolute Gasteiger partial charge is 0.320 e. The summed E-state index contributed by atoms with van der Waals surface area (Å²) in [5, 5.41) is 0. The first-order valence-electron chi connectivity index (χ1n) is 7.12. The van der Waals surface area contributed by atoms with Crippen LogP contribution in [0.15, 0.2) is 24.3 Å². The van der Waals surface area contributed by atoms with Gasteiger partial charge in [-0.1, -0.05) is 30.4 Å². The van der Waals surface area contributed by atoms with Crippen LogP contribution in [0, 0.1) is 11.8 Å². The normalized spacial score (nSPS) is 19.6. The van der Waals surface area contributed by atoms with Gasteiger partial charge in [-0.15, -0.1) is 0 Å². The molecule has 5 nitrogen and oxygen atoms in total. The predicted octanol–water partition coefficient (Wildman–Crippen LogP) is 1.53. The molecule has 1 fully saturated rings. The van der Waals surface area contributed by atoms with E-state index < -0.39 is 10.2 Å². The highest BCUT2D eigenvalue weighted by Crippen LogP contribution is 2.23. The van der Waals surface area contributed by atoms with Crippen LogP contribution >= 0.6 is 0 Å². The number of benzene rings is 1. The van der Waals surface area contributed by atoms with Crippen LogP contribution in [0.1, 0.15) is 31.7 Å². The van der Waals surface area contributed by atoms with Crippen LogP contribution in [-0.2, 0) is 10.2 Å². The van der Waals surface area contributed by atoms with E-state index in [4.69, 9.17) is 5.73 Å². The van der Waals surface area contributed by atoms with Gasteiger partial charge in [-0.05, 0) is 31.9 Å². The Balaban J connectivity index is 2.24. The average Bonchev–Trinajstić information content (AvgIpc) is 2.46. The van der Waals surface area contributed by atoms with Gasteiger partial charge >= 0.3 is 10.2 Å². The molecule has 0 amide bonds. The quantitative estimate of drug-likeness (QED) is 0.832. The number of nitrogens with one attached hydrogen (secondary N) is 1. The molecule has 1 saturated heterocycles. The van der Waals surface area contributed by atoms with E-state index in [0.717, 1.165) is 19.3 Å². The second-order valence-corrected chi connectivity index (χ2v) is 6.74. The lowest BCUT2D eigenvalue weighted by molar-refractivity contribution is 0.270. The van der Waals surface area contributed by atoms with Crippen LogP contribution in [0.5, 0.6) is 0 Å². The highest BCUT2D eigenvalue weighted by molar-refractivity contribution is 7.90. The van der Waals surface area contributed by atoms with Crippen LogP contribution in [0.2, 0.25) is 0 Å². The van der Waals surface area contributed by atoms with Crippen molar-refractivity contribution in [3.63, 3.8) is 0 Å². The molecule has 1 aliphatic rings. The molecule has 1 unspecified atom stereocenters. The van der Waals surface area contributed by atoms with Crippen molar-refractivity contribution in [3.8, 4) is 11.8 Å². The molecule has 0 saturated carbocycles. The van der Waals surface area contributed by atoms with Crippen LogP contribution < -0.4 is 10.5 Å². The van der Waals surface area contributed by atoms with Crippen molar-refractivity contribution in [2.75, 3.05) is 17.8 Å². The lowest BCUT2D eigenvalue weighted by Gasteiger charge is -2.32. The summed E-state index contributed by atoms with van der Waals surface area (Å²) in [5.41, 5.74) is 6.50. The fourth-order valence-electron chi connectivity index (χ4n) is 2.45. The van der Waals surface area contributed by atoms with Crippen LogP contribution in [0.25, 0.3) is 0 Å². The van der Waals surface area contributed by atoms with Crippen LogP contribution in [0.4, 0.5) is 5.69 Å². The van der Waals surface area contributed by atoms with Gasteiger partial charge in [0.1, 0.15) is 0 Å². The molecule has 0 radical (unpaired) electrons. The second-order valence-electron chi connectivity index (χ2n) is 5.11. The molecule has 114 valence electrons. The minimum absolute atomic E-state index is 0.0264. The summed E-state index contributed by atoms with van der Waals surface area (Å²) in [5.74, 6) is 5.64. The van der Waals surface area contributed by atoms with Crippen LogP contribution in [0.3, 0.4) is 0 Å². The van der Waals surface area contributed by atoms with Crippen molar-refractivity contribution >= 4 is 15.9 Å². The first kappa shape index (κ1) is 15.8. The number of piperidine rings is 1. The van der Waals surface area contributed by atoms with Gasteiger partial charge in [-0.25, -0.2) is 0 Å². The van der Waals surface area contributed by atoms with Gasteiger partial charge in [0.05, 0.1) is 12.2 Å². The average molecular weight is 307 g/mol. The van der Waals surface area contributed by atoms with Crippen molar-refractivity contribution < 1.29 is 8.42 Å². The van der Waals surface area contributed by atoms with Gasteiger partial charge in [0.2, 0.25) is 0 Å². The van der Waals surface area contributed by atoms with Crippen molar-refractivity contribution in [1.82, 2.24) is 4.31 Å². The number of hydrogen-bond acceptors (Lipinski definition) is 3. The second kappa shape index (κ2) is 6.94. The lowest BCUT2D eigenvalue weighted by Crippen LogP contribution is -2.44. The zero-order chi connectivity index (χ0) is 15.3. The van der Waals surface area contributed by atoms with Crippen molar-refractivity contribution in [3.05, 3.63) is 29.8 Å². The Morgan fingerprint density at radius 3 is 2.86 bits per heavy atom. The van der Waals surface area contributed by atoms with Crippen molar-refractivity contribution in [2.24, 2.45) is 5.73 Å². The Hall–Kier alpha value is -1.55. The number of para-hydroxylation sites is 1. The molecule has 6 heteroatoms. The molecule has 1 atom stereocenters. The lowest BCUT2D eigenvalue weighted by atomic mass is 10.1. The molecule has 0 aromatic heterocycles. The molecule has 0 bridgehead atoms. The molecular formula is C15H21N3O2S. The topological polar surface area (TPSA) is 75.4 Å². The standard InChI is InChI=1S/C15H21N3O2S/c1-13-7-4-5-12-18(13)21(19,20)17-15-10-3-2-8-14(15)9-6-11-16/h2-3,8,10,13,17H,4-5,7,11-12,16H2,1H3. The highest BCUT2D eigenvalue weighted by Gasteiger charge is 2.29. The minimum Gasteiger partial charge on any atom is -0.320 e. The maximum absolute atomic E-state index is 12.5. The zero-order valence-corrected chi connectivity index (χ0v) is 13.0. The van der Waals surface area contributed by atoms with Gasteiger partial charge in [0, 0.05) is 18.2 Å². The predicted molar refractivity (Wildman–Crippen MR) is 84.9 cm³/mol. The summed E-state index contributed by atoms with van der Waals surface area (Å²) in [6.07, 6.45) is 2.88. The number of anilines is 1. The maximum Gasteiger partial charge on any atom is 0.301 e. The number of rotatable bonds is 3. The summed E-state index contributed by atoms with van der Waals surface area (Å²) in [4.78, 5) is 0. The Morgan fingerprint density at radius 1 is 1.38 bits per heavy atom. The highest BCUT2D eigenvalue weighted by atomic mass is 32.2. The Bertz CT molecular complexity index is 646.